The van der Waals surface area contributed by atoms with Crippen LogP contribution in [0.2, 0.25) is 0 Å². The first-order valence-corrected chi connectivity index (χ1v) is 7.59. The van der Waals surface area contributed by atoms with Crippen molar-refractivity contribution in [1.29, 1.82) is 0 Å². The number of fused-ring (bicyclic) bond motifs is 1. The van der Waals surface area contributed by atoms with Crippen molar-refractivity contribution in [2.75, 3.05) is 13.2 Å². The smallest absolute Gasteiger partial charge is 0.580 e. The molecule has 1 aromatic heterocycles. The molecule has 1 fully saturated rings. The zero-order valence-corrected chi connectivity index (χ0v) is 13.5. The molecule has 0 amide bonds. The molecule has 0 N–H and O–H groups in total. The zero-order valence-electron chi connectivity index (χ0n) is 13.5. The van der Waals surface area contributed by atoms with Crippen LogP contribution in [0, 0.1) is 6.26 Å². The summed E-state index contributed by atoms with van der Waals surface area (Å²) in [7, 11) is 0. The number of benzene rings is 2. The van der Waals surface area contributed by atoms with Gasteiger partial charge in [-0.05, 0) is 17.4 Å². The molecule has 5 heteroatoms. The van der Waals surface area contributed by atoms with Crippen LogP contribution in [-0.2, 0) is 15.3 Å². The van der Waals surface area contributed by atoms with Gasteiger partial charge in [0.25, 0.3) is 0 Å². The van der Waals surface area contributed by atoms with Crippen molar-refractivity contribution in [2.24, 2.45) is 0 Å². The van der Waals surface area contributed by atoms with E-state index >= 15 is 0 Å². The van der Waals surface area contributed by atoms with E-state index in [-0.39, 0.29) is 29.9 Å². The number of ether oxygens (including phenoxy) is 2. The molecule has 2 aromatic carbocycles. The molecular formula is C19H15LiO4. The number of hydrogen-bond donors (Lipinski definition) is 0. The predicted octanol–water partition coefficient (Wildman–Crippen LogP) is 0.235. The van der Waals surface area contributed by atoms with Crippen molar-refractivity contribution in [3.8, 4) is 0 Å². The Morgan fingerprint density at radius 3 is 2.33 bits per heavy atom. The fraction of sp³-hybridized carbons (Fsp3) is 0.211. The van der Waals surface area contributed by atoms with E-state index in [2.05, 4.69) is 6.26 Å². The van der Waals surface area contributed by atoms with Crippen LogP contribution in [0.25, 0.3) is 11.0 Å². The van der Waals surface area contributed by atoms with E-state index < -0.39 is 5.79 Å². The SMILES string of the molecule is O=c1c(C2(c3ccccc3)OCCCO2)[c-]oc2ccccc12.[Li+]. The summed E-state index contributed by atoms with van der Waals surface area (Å²) in [6, 6.07) is 16.6. The molecule has 4 nitrogen and oxygen atoms in total. The molecule has 1 aliphatic rings. The summed E-state index contributed by atoms with van der Waals surface area (Å²) in [5, 5.41) is 0.495. The van der Waals surface area contributed by atoms with Crippen LogP contribution in [-0.4, -0.2) is 13.2 Å². The Kier molecular flexibility index (Phi) is 4.93. The fourth-order valence-electron chi connectivity index (χ4n) is 2.89. The second-order valence-electron chi connectivity index (χ2n) is 5.44. The van der Waals surface area contributed by atoms with Crippen LogP contribution < -0.4 is 24.3 Å². The standard InChI is InChI=1S/C19H15O4.Li/c20-18-15-9-4-5-10-17(15)21-13-16(18)19(22-11-6-12-23-19)14-7-2-1-3-8-14;/h1-5,7-10H,6,11-12H2;/q-1;+1. The molecule has 116 valence electrons. The van der Waals surface area contributed by atoms with E-state index in [1.54, 1.807) is 18.2 Å². The summed E-state index contributed by atoms with van der Waals surface area (Å²) >= 11 is 0. The molecule has 0 spiro atoms. The molecule has 2 heterocycles. The summed E-state index contributed by atoms with van der Waals surface area (Å²) < 4.78 is 17.4. The molecule has 0 saturated carbocycles. The molecule has 3 aromatic rings. The number of hydrogen-bond acceptors (Lipinski definition) is 4. The van der Waals surface area contributed by atoms with Gasteiger partial charge in [-0.2, -0.15) is 0 Å². The Bertz CT molecular complexity index is 883. The zero-order chi connectivity index (χ0) is 15.7. The van der Waals surface area contributed by atoms with Gasteiger partial charge in [-0.3, -0.25) is 0 Å². The Hall–Kier alpha value is -1.83. The van der Waals surface area contributed by atoms with Gasteiger partial charge in [-0.25, -0.2) is 0 Å². The van der Waals surface area contributed by atoms with Crippen LogP contribution in [0.1, 0.15) is 17.5 Å². The molecule has 4 rings (SSSR count). The van der Waals surface area contributed by atoms with E-state index in [4.69, 9.17) is 13.9 Å². The van der Waals surface area contributed by atoms with Crippen LogP contribution in [0.3, 0.4) is 0 Å². The van der Waals surface area contributed by atoms with E-state index in [9.17, 15) is 4.79 Å². The maximum absolute atomic E-state index is 13.0. The third-order valence-corrected chi connectivity index (χ3v) is 4.00. The Morgan fingerprint density at radius 2 is 1.58 bits per heavy atom. The minimum Gasteiger partial charge on any atom is -0.580 e. The van der Waals surface area contributed by atoms with Crippen LogP contribution >= 0.6 is 0 Å². The van der Waals surface area contributed by atoms with Crippen molar-refractivity contribution in [2.45, 2.75) is 12.2 Å². The molecular weight excluding hydrogens is 299 g/mol. The van der Waals surface area contributed by atoms with Gasteiger partial charge in [-0.1, -0.05) is 54.6 Å². The Morgan fingerprint density at radius 1 is 0.917 bits per heavy atom. The Balaban J connectivity index is 0.00000169. The van der Waals surface area contributed by atoms with Crippen molar-refractivity contribution in [3.05, 3.63) is 82.2 Å². The van der Waals surface area contributed by atoms with Gasteiger partial charge in [0.1, 0.15) is 0 Å². The van der Waals surface area contributed by atoms with E-state index in [1.165, 1.54) is 0 Å². The average molecular weight is 314 g/mol. The number of rotatable bonds is 2. The molecule has 24 heavy (non-hydrogen) atoms. The van der Waals surface area contributed by atoms with Crippen molar-refractivity contribution >= 4 is 11.0 Å². The molecule has 0 bridgehead atoms. The predicted molar refractivity (Wildman–Crippen MR) is 85.1 cm³/mol. The second kappa shape index (κ2) is 6.96. The van der Waals surface area contributed by atoms with E-state index in [1.807, 2.05) is 36.4 Å². The second-order valence-corrected chi connectivity index (χ2v) is 5.44. The van der Waals surface area contributed by atoms with Crippen LogP contribution in [0.5, 0.6) is 0 Å². The van der Waals surface area contributed by atoms with Gasteiger partial charge in [0.05, 0.1) is 18.6 Å². The third kappa shape index (κ3) is 2.72. The Labute approximate surface area is 151 Å². The summed E-state index contributed by atoms with van der Waals surface area (Å²) in [6.07, 6.45) is 3.54. The van der Waals surface area contributed by atoms with Crippen LogP contribution in [0.4, 0.5) is 0 Å². The summed E-state index contributed by atoms with van der Waals surface area (Å²) in [5.74, 6) is -1.26. The quantitative estimate of drug-likeness (QED) is 0.502. The van der Waals surface area contributed by atoms with Crippen molar-refractivity contribution in [1.82, 2.24) is 0 Å². The minimum absolute atomic E-state index is 0. The van der Waals surface area contributed by atoms with Gasteiger partial charge < -0.3 is 18.7 Å². The van der Waals surface area contributed by atoms with Gasteiger partial charge >= 0.3 is 18.9 Å². The van der Waals surface area contributed by atoms with Gasteiger partial charge in [0, 0.05) is 17.4 Å². The van der Waals surface area contributed by atoms with Crippen molar-refractivity contribution in [3.63, 3.8) is 0 Å². The summed E-state index contributed by atoms with van der Waals surface area (Å²) in [5.41, 5.74) is 1.33. The van der Waals surface area contributed by atoms with Crippen LogP contribution in [0.15, 0.2) is 63.8 Å². The first kappa shape index (κ1) is 17.0. The molecule has 0 aliphatic carbocycles. The molecule has 1 saturated heterocycles. The summed E-state index contributed by atoms with van der Waals surface area (Å²) in [4.78, 5) is 13.0. The van der Waals surface area contributed by atoms with Gasteiger partial charge in [-0.15, -0.1) is 0 Å². The third-order valence-electron chi connectivity index (χ3n) is 4.00. The average Bonchev–Trinajstić information content (AvgIpc) is 2.63. The van der Waals surface area contributed by atoms with Crippen molar-refractivity contribution < 1.29 is 32.8 Å². The molecule has 0 unspecified atom stereocenters. The van der Waals surface area contributed by atoms with E-state index in [0.717, 1.165) is 12.0 Å². The number of para-hydroxylation sites is 1. The largest absolute Gasteiger partial charge is 1.00 e. The normalized spacial score (nSPS) is 16.5. The fourth-order valence-corrected chi connectivity index (χ4v) is 2.89. The minimum atomic E-state index is -1.26. The maximum atomic E-state index is 13.0. The summed E-state index contributed by atoms with van der Waals surface area (Å²) in [6.45, 7) is 1.02. The van der Waals surface area contributed by atoms with E-state index in [0.29, 0.717) is 24.2 Å². The van der Waals surface area contributed by atoms with Gasteiger partial charge in [0.15, 0.2) is 0 Å². The molecule has 1 aliphatic heterocycles. The molecule has 0 atom stereocenters. The topological polar surface area (TPSA) is 48.7 Å². The first-order chi connectivity index (χ1) is 11.3. The molecule has 0 radical (unpaired) electrons. The monoisotopic (exact) mass is 314 g/mol. The van der Waals surface area contributed by atoms with Gasteiger partial charge in [0.2, 0.25) is 5.79 Å². The first-order valence-electron chi connectivity index (χ1n) is 7.59. The maximum Gasteiger partial charge on any atom is 1.00 e.